The fraction of sp³-hybridized carbons (Fsp3) is 0.211. The van der Waals surface area contributed by atoms with Crippen molar-refractivity contribution in [2.75, 3.05) is 6.54 Å². The largest absolute Gasteiger partial charge is 0.461 e. The van der Waals surface area contributed by atoms with Gasteiger partial charge in [0.2, 0.25) is 10.0 Å². The van der Waals surface area contributed by atoms with Crippen LogP contribution in [0.15, 0.2) is 53.4 Å². The smallest absolute Gasteiger partial charge is 0.307 e. The maximum atomic E-state index is 12.2. The number of carbonyl (C=O) groups excluding carboxylic acids is 2. The standard InChI is InChI=1S/C19H18N2O5S/c1-14(22)17-6-8-18(9-7-17)27(24,25)21-11-10-19(23)26-13-16-4-2-15(12-20)3-5-16/h2-9,21H,10-11,13H2,1H3. The zero-order valence-corrected chi connectivity index (χ0v) is 15.5. The summed E-state index contributed by atoms with van der Waals surface area (Å²) < 4.78 is 31.7. The number of carbonyl (C=O) groups is 2. The molecule has 7 nitrogen and oxygen atoms in total. The molecule has 27 heavy (non-hydrogen) atoms. The van der Waals surface area contributed by atoms with Crippen LogP contribution in [0.1, 0.15) is 34.8 Å². The average molecular weight is 386 g/mol. The van der Waals surface area contributed by atoms with Crippen LogP contribution >= 0.6 is 0 Å². The molecule has 0 atom stereocenters. The Kier molecular flexibility index (Phi) is 6.82. The highest BCUT2D eigenvalue weighted by Gasteiger charge is 2.15. The Morgan fingerprint density at radius 2 is 1.70 bits per heavy atom. The van der Waals surface area contributed by atoms with Crippen molar-refractivity contribution in [1.82, 2.24) is 4.72 Å². The van der Waals surface area contributed by atoms with E-state index < -0.39 is 16.0 Å². The minimum absolute atomic E-state index is 0.0125. The number of sulfonamides is 1. The third kappa shape index (κ3) is 6.02. The van der Waals surface area contributed by atoms with Crippen molar-refractivity contribution < 1.29 is 22.7 Å². The molecule has 140 valence electrons. The first-order valence-electron chi connectivity index (χ1n) is 8.07. The Labute approximate surface area is 157 Å². The van der Waals surface area contributed by atoms with E-state index in [1.54, 1.807) is 24.3 Å². The second-order valence-electron chi connectivity index (χ2n) is 5.70. The molecule has 0 aliphatic carbocycles. The molecule has 0 heterocycles. The van der Waals surface area contributed by atoms with Gasteiger partial charge in [0.25, 0.3) is 0 Å². The fourth-order valence-electron chi connectivity index (χ4n) is 2.15. The summed E-state index contributed by atoms with van der Waals surface area (Å²) in [6.07, 6.45) is -0.124. The summed E-state index contributed by atoms with van der Waals surface area (Å²) in [6, 6.07) is 14.1. The minimum Gasteiger partial charge on any atom is -0.461 e. The third-order valence-corrected chi connectivity index (χ3v) is 5.15. The van der Waals surface area contributed by atoms with Crippen molar-refractivity contribution in [3.8, 4) is 6.07 Å². The van der Waals surface area contributed by atoms with Crippen molar-refractivity contribution in [3.05, 3.63) is 65.2 Å². The highest BCUT2D eigenvalue weighted by molar-refractivity contribution is 7.89. The lowest BCUT2D eigenvalue weighted by Crippen LogP contribution is -2.26. The zero-order chi connectivity index (χ0) is 19.9. The van der Waals surface area contributed by atoms with Gasteiger partial charge in [0.1, 0.15) is 6.61 Å². The second kappa shape index (κ2) is 9.07. The summed E-state index contributed by atoms with van der Waals surface area (Å²) in [6.45, 7) is 1.33. The molecule has 2 aromatic rings. The zero-order valence-electron chi connectivity index (χ0n) is 14.6. The predicted octanol–water partition coefficient (Wildman–Crippen LogP) is 2.17. The van der Waals surface area contributed by atoms with E-state index in [0.29, 0.717) is 11.1 Å². The van der Waals surface area contributed by atoms with Crippen LogP contribution in [-0.4, -0.2) is 26.7 Å². The summed E-state index contributed by atoms with van der Waals surface area (Å²) >= 11 is 0. The van der Waals surface area contributed by atoms with Crippen LogP contribution < -0.4 is 4.72 Å². The SMILES string of the molecule is CC(=O)c1ccc(S(=O)(=O)NCCC(=O)OCc2ccc(C#N)cc2)cc1. The summed E-state index contributed by atoms with van der Waals surface area (Å²) in [5, 5.41) is 8.72. The van der Waals surface area contributed by atoms with E-state index >= 15 is 0 Å². The number of esters is 1. The molecule has 1 N–H and O–H groups in total. The van der Waals surface area contributed by atoms with Gasteiger partial charge in [0, 0.05) is 12.1 Å². The van der Waals surface area contributed by atoms with Crippen LogP contribution in [0.2, 0.25) is 0 Å². The first-order valence-corrected chi connectivity index (χ1v) is 9.55. The topological polar surface area (TPSA) is 113 Å². The number of hydrogen-bond donors (Lipinski definition) is 1. The van der Waals surface area contributed by atoms with Crippen molar-refractivity contribution in [2.45, 2.75) is 24.8 Å². The van der Waals surface area contributed by atoms with Crippen LogP contribution in [0.3, 0.4) is 0 Å². The molecule has 0 radical (unpaired) electrons. The van der Waals surface area contributed by atoms with E-state index in [1.807, 2.05) is 6.07 Å². The highest BCUT2D eigenvalue weighted by Crippen LogP contribution is 2.11. The summed E-state index contributed by atoms with van der Waals surface area (Å²) in [4.78, 5) is 23.0. The van der Waals surface area contributed by atoms with E-state index in [0.717, 1.165) is 5.56 Å². The maximum absolute atomic E-state index is 12.2. The number of nitrogens with one attached hydrogen (secondary N) is 1. The first-order chi connectivity index (χ1) is 12.8. The van der Waals surface area contributed by atoms with Gasteiger partial charge >= 0.3 is 5.97 Å². The number of nitriles is 1. The molecule has 2 aromatic carbocycles. The highest BCUT2D eigenvalue weighted by atomic mass is 32.2. The second-order valence-corrected chi connectivity index (χ2v) is 7.46. The summed E-state index contributed by atoms with van der Waals surface area (Å²) in [5.74, 6) is -0.703. The van der Waals surface area contributed by atoms with E-state index in [-0.39, 0.29) is 30.3 Å². The van der Waals surface area contributed by atoms with E-state index in [1.165, 1.54) is 31.2 Å². The third-order valence-electron chi connectivity index (χ3n) is 3.68. The number of Topliss-reactive ketones (excluding diaryl/α,β-unsaturated/α-hetero) is 1. The molecular formula is C19H18N2O5S. The molecule has 0 aromatic heterocycles. The normalized spacial score (nSPS) is 10.8. The van der Waals surface area contributed by atoms with Crippen molar-refractivity contribution >= 4 is 21.8 Å². The number of ether oxygens (including phenoxy) is 1. The molecule has 0 aliphatic rings. The first kappa shape index (κ1) is 20.3. The molecule has 0 saturated carbocycles. The minimum atomic E-state index is -3.77. The van der Waals surface area contributed by atoms with Gasteiger partial charge in [-0.1, -0.05) is 24.3 Å². The molecule has 0 unspecified atom stereocenters. The fourth-order valence-corrected chi connectivity index (χ4v) is 3.18. The van der Waals surface area contributed by atoms with Crippen LogP contribution in [0.5, 0.6) is 0 Å². The molecule has 0 amide bonds. The van der Waals surface area contributed by atoms with Gasteiger partial charge in [-0.05, 0) is 36.8 Å². The lowest BCUT2D eigenvalue weighted by atomic mass is 10.2. The number of benzene rings is 2. The Hall–Kier alpha value is -3.02. The maximum Gasteiger partial charge on any atom is 0.307 e. The van der Waals surface area contributed by atoms with E-state index in [4.69, 9.17) is 10.00 Å². The molecule has 8 heteroatoms. The van der Waals surface area contributed by atoms with Gasteiger partial charge in [-0.3, -0.25) is 9.59 Å². The van der Waals surface area contributed by atoms with Gasteiger partial charge in [-0.15, -0.1) is 0 Å². The van der Waals surface area contributed by atoms with Gasteiger partial charge in [0.15, 0.2) is 5.78 Å². The van der Waals surface area contributed by atoms with Gasteiger partial charge in [-0.2, -0.15) is 5.26 Å². The van der Waals surface area contributed by atoms with Crippen LogP contribution in [0.4, 0.5) is 0 Å². The molecular weight excluding hydrogens is 368 g/mol. The molecule has 0 bridgehead atoms. The van der Waals surface area contributed by atoms with Crippen molar-refractivity contribution in [2.24, 2.45) is 0 Å². The monoisotopic (exact) mass is 386 g/mol. The number of ketones is 1. The quantitative estimate of drug-likeness (QED) is 0.549. The number of rotatable bonds is 8. The van der Waals surface area contributed by atoms with Crippen molar-refractivity contribution in [3.63, 3.8) is 0 Å². The number of nitrogens with zero attached hydrogens (tertiary/aromatic N) is 1. The molecule has 0 saturated heterocycles. The molecule has 0 fully saturated rings. The predicted molar refractivity (Wildman–Crippen MR) is 97.2 cm³/mol. The van der Waals surface area contributed by atoms with Crippen LogP contribution in [-0.2, 0) is 26.2 Å². The average Bonchev–Trinajstić information content (AvgIpc) is 2.66. The summed E-state index contributed by atoms with van der Waals surface area (Å²) in [7, 11) is -3.77. The van der Waals surface area contributed by atoms with E-state index in [9.17, 15) is 18.0 Å². The van der Waals surface area contributed by atoms with Gasteiger partial charge in [-0.25, -0.2) is 13.1 Å². The summed E-state index contributed by atoms with van der Waals surface area (Å²) in [5.41, 5.74) is 1.66. The van der Waals surface area contributed by atoms with Gasteiger partial charge < -0.3 is 4.74 Å². The van der Waals surface area contributed by atoms with Crippen LogP contribution in [0, 0.1) is 11.3 Å². The lowest BCUT2D eigenvalue weighted by Gasteiger charge is -2.08. The van der Waals surface area contributed by atoms with Crippen LogP contribution in [0.25, 0.3) is 0 Å². The number of hydrogen-bond acceptors (Lipinski definition) is 6. The van der Waals surface area contributed by atoms with Gasteiger partial charge in [0.05, 0.1) is 22.9 Å². The molecule has 0 aliphatic heterocycles. The Bertz CT molecular complexity index is 959. The Morgan fingerprint density at radius 3 is 2.26 bits per heavy atom. The van der Waals surface area contributed by atoms with Crippen molar-refractivity contribution in [1.29, 1.82) is 5.26 Å². The Morgan fingerprint density at radius 1 is 1.07 bits per heavy atom. The molecule has 0 spiro atoms. The molecule has 2 rings (SSSR count). The van der Waals surface area contributed by atoms with E-state index in [2.05, 4.69) is 4.72 Å². The lowest BCUT2D eigenvalue weighted by molar-refractivity contribution is -0.144. The Balaban J connectivity index is 1.80.